The molecule has 0 saturated carbocycles. The summed E-state index contributed by atoms with van der Waals surface area (Å²) in [5.41, 5.74) is 1.43. The number of rotatable bonds is 12. The summed E-state index contributed by atoms with van der Waals surface area (Å²) in [4.78, 5) is 20.6. The summed E-state index contributed by atoms with van der Waals surface area (Å²) in [5.74, 6) is 2.36. The lowest BCUT2D eigenvalue weighted by Gasteiger charge is -2.26. The van der Waals surface area contributed by atoms with Gasteiger partial charge in [0, 0.05) is 44.1 Å². The molecule has 1 aromatic heterocycles. The highest BCUT2D eigenvalue weighted by Gasteiger charge is 2.21. The first kappa shape index (κ1) is 26.5. The van der Waals surface area contributed by atoms with Crippen molar-refractivity contribution < 1.29 is 9.47 Å². The molecule has 0 spiro atoms. The van der Waals surface area contributed by atoms with E-state index < -0.39 is 6.04 Å². The largest absolute Gasteiger partial charge is 0.491 e. The Kier molecular flexibility index (Phi) is 9.50. The van der Waals surface area contributed by atoms with Gasteiger partial charge in [0.2, 0.25) is 0 Å². The predicted molar refractivity (Wildman–Crippen MR) is 140 cm³/mol. The third-order valence-electron chi connectivity index (χ3n) is 5.56. The van der Waals surface area contributed by atoms with Gasteiger partial charge in [-0.05, 0) is 37.4 Å². The van der Waals surface area contributed by atoms with E-state index in [9.17, 15) is 4.91 Å². The molecule has 2 aromatic rings. The second-order valence-electron chi connectivity index (χ2n) is 9.90. The molecule has 1 aliphatic heterocycles. The van der Waals surface area contributed by atoms with Crippen LogP contribution in [0, 0.1) is 15.7 Å². The van der Waals surface area contributed by atoms with Crippen molar-refractivity contribution in [2.45, 2.75) is 45.7 Å². The van der Waals surface area contributed by atoms with E-state index in [2.05, 4.69) is 41.9 Å². The summed E-state index contributed by atoms with van der Waals surface area (Å²) >= 11 is 0. The van der Waals surface area contributed by atoms with Crippen LogP contribution >= 0.6 is 0 Å². The lowest BCUT2D eigenvalue weighted by molar-refractivity contribution is 0.0904. The van der Waals surface area contributed by atoms with Crippen LogP contribution in [0.3, 0.4) is 0 Å². The highest BCUT2D eigenvalue weighted by molar-refractivity contribution is 5.91. The van der Waals surface area contributed by atoms with Crippen molar-refractivity contribution in [3.63, 3.8) is 0 Å². The second kappa shape index (κ2) is 12.6. The second-order valence-corrected chi connectivity index (χ2v) is 9.90. The Morgan fingerprint density at radius 3 is 2.66 bits per heavy atom. The Balaban J connectivity index is 1.93. The molecule has 1 atom stereocenters. The summed E-state index contributed by atoms with van der Waals surface area (Å²) in [7, 11) is 1.77. The van der Waals surface area contributed by atoms with Crippen LogP contribution in [-0.4, -0.2) is 68.2 Å². The van der Waals surface area contributed by atoms with Gasteiger partial charge in [-0.25, -0.2) is 9.97 Å². The van der Waals surface area contributed by atoms with Gasteiger partial charge in [-0.2, -0.15) is 4.91 Å². The van der Waals surface area contributed by atoms with Crippen molar-refractivity contribution in [2.75, 3.05) is 50.6 Å². The van der Waals surface area contributed by atoms with Gasteiger partial charge in [-0.3, -0.25) is 0 Å². The number of nitrogens with zero attached hydrogens (tertiary/aromatic N) is 3. The summed E-state index contributed by atoms with van der Waals surface area (Å²) < 4.78 is 11.3. The highest BCUT2D eigenvalue weighted by Crippen LogP contribution is 2.29. The van der Waals surface area contributed by atoms with Gasteiger partial charge in [-0.15, -0.1) is 0 Å². The first-order chi connectivity index (χ1) is 16.8. The maximum Gasteiger partial charge on any atom is 0.164 e. The quantitative estimate of drug-likeness (QED) is 0.264. The van der Waals surface area contributed by atoms with Crippen LogP contribution in [0.4, 0.5) is 11.6 Å². The van der Waals surface area contributed by atoms with Crippen LogP contribution in [0.5, 0.6) is 5.75 Å². The van der Waals surface area contributed by atoms with Crippen LogP contribution in [0.2, 0.25) is 0 Å². The maximum atomic E-state index is 11.0. The Morgan fingerprint density at radius 2 is 2.00 bits per heavy atom. The van der Waals surface area contributed by atoms with Gasteiger partial charge in [0.05, 0.1) is 5.56 Å². The smallest absolute Gasteiger partial charge is 0.164 e. The van der Waals surface area contributed by atoms with E-state index >= 15 is 0 Å². The molecule has 1 aliphatic rings. The van der Waals surface area contributed by atoms with E-state index in [0.717, 1.165) is 18.4 Å². The van der Waals surface area contributed by atoms with E-state index in [1.165, 1.54) is 6.21 Å². The first-order valence-corrected chi connectivity index (χ1v) is 12.0. The Morgan fingerprint density at radius 1 is 1.26 bits per heavy atom. The minimum Gasteiger partial charge on any atom is -0.491 e. The van der Waals surface area contributed by atoms with Crippen molar-refractivity contribution >= 4 is 17.9 Å². The first-order valence-electron chi connectivity index (χ1n) is 12.0. The van der Waals surface area contributed by atoms with Crippen LogP contribution < -0.4 is 20.7 Å². The molecule has 0 radical (unpaired) electrons. The summed E-state index contributed by atoms with van der Waals surface area (Å²) in [6.07, 6.45) is 3.05. The molecule has 35 heavy (non-hydrogen) atoms. The predicted octanol–water partition coefficient (Wildman–Crippen LogP) is 3.92. The van der Waals surface area contributed by atoms with E-state index in [-0.39, 0.29) is 18.1 Å². The monoisotopic (exact) mass is 483 g/mol. The van der Waals surface area contributed by atoms with Crippen LogP contribution in [0.1, 0.15) is 39.2 Å². The molecule has 10 heteroatoms. The van der Waals surface area contributed by atoms with Crippen LogP contribution in [0.15, 0.2) is 29.4 Å². The standard InChI is InChI=1S/C25H37N7O3/c1-25(2,3)16-28-23-21(13-26)24(29-18-8-10-34-11-9-18)31-22(30-23)17-6-5-7-20(12-17)35-15-19(32-33)14-27-4/h5-7,12-13,18-19,26-27H,8-11,14-16H2,1-4H3,(H2,28,29,30,31)/t19-/m0/s1. The Labute approximate surface area is 207 Å². The molecule has 190 valence electrons. The molecule has 1 saturated heterocycles. The molecule has 0 bridgehead atoms. The van der Waals surface area contributed by atoms with Gasteiger partial charge < -0.3 is 30.8 Å². The zero-order valence-electron chi connectivity index (χ0n) is 21.1. The normalized spacial score (nSPS) is 15.3. The van der Waals surface area contributed by atoms with Gasteiger partial charge in [0.15, 0.2) is 5.82 Å². The average Bonchev–Trinajstić information content (AvgIpc) is 2.85. The molecule has 10 nitrogen and oxygen atoms in total. The fraction of sp³-hybridized carbons (Fsp3) is 0.560. The summed E-state index contributed by atoms with van der Waals surface area (Å²) in [6.45, 7) is 9.15. The van der Waals surface area contributed by atoms with Crippen molar-refractivity contribution in [2.24, 2.45) is 10.6 Å². The number of hydrogen-bond acceptors (Lipinski definition) is 10. The fourth-order valence-corrected chi connectivity index (χ4v) is 3.64. The van der Waals surface area contributed by atoms with E-state index in [0.29, 0.717) is 55.1 Å². The molecule has 0 amide bonds. The number of likely N-dealkylation sites (N-methyl/N-ethyl adjacent to an activating group) is 1. The number of anilines is 2. The van der Waals surface area contributed by atoms with Gasteiger partial charge >= 0.3 is 0 Å². The van der Waals surface area contributed by atoms with E-state index in [1.807, 2.05) is 24.3 Å². The molecular weight excluding hydrogens is 446 g/mol. The molecule has 2 heterocycles. The molecule has 1 fully saturated rings. The maximum absolute atomic E-state index is 11.0. The highest BCUT2D eigenvalue weighted by atomic mass is 16.5. The van der Waals surface area contributed by atoms with Crippen molar-refractivity contribution in [3.05, 3.63) is 34.7 Å². The van der Waals surface area contributed by atoms with Crippen LogP contribution in [-0.2, 0) is 4.74 Å². The Hall–Kier alpha value is -3.11. The summed E-state index contributed by atoms with van der Waals surface area (Å²) in [6, 6.07) is 7.21. The number of benzene rings is 1. The van der Waals surface area contributed by atoms with Crippen LogP contribution in [0.25, 0.3) is 11.4 Å². The van der Waals surface area contributed by atoms with Gasteiger partial charge in [0.25, 0.3) is 0 Å². The molecule has 0 aliphatic carbocycles. The van der Waals surface area contributed by atoms with Gasteiger partial charge in [0.1, 0.15) is 30.0 Å². The number of aromatic nitrogens is 2. The molecule has 0 unspecified atom stereocenters. The van der Waals surface area contributed by atoms with Crippen molar-refractivity contribution in [1.29, 1.82) is 5.41 Å². The zero-order chi connectivity index (χ0) is 25.3. The topological polar surface area (TPSA) is 134 Å². The minimum absolute atomic E-state index is 0.0307. The van der Waals surface area contributed by atoms with E-state index in [4.69, 9.17) is 24.9 Å². The van der Waals surface area contributed by atoms with Crippen molar-refractivity contribution in [3.8, 4) is 17.1 Å². The molecular formula is C25H37N7O3. The Bertz CT molecular complexity index is 988. The number of nitroso groups, excluding NO2 is 1. The molecule has 4 N–H and O–H groups in total. The fourth-order valence-electron chi connectivity index (χ4n) is 3.64. The lowest BCUT2D eigenvalue weighted by atomic mass is 9.97. The lowest BCUT2D eigenvalue weighted by Crippen LogP contribution is -2.29. The SMILES string of the molecule is CNC[C@@H](COc1cccc(-c2nc(NCC(C)(C)C)c(C=N)c(NC3CCOCC3)n2)c1)N=O. The minimum atomic E-state index is -0.477. The number of ether oxygens (including phenoxy) is 2. The van der Waals surface area contributed by atoms with Gasteiger partial charge in [-0.1, -0.05) is 38.1 Å². The third kappa shape index (κ3) is 7.97. The zero-order valence-corrected chi connectivity index (χ0v) is 21.1. The molecule has 3 rings (SSSR count). The number of hydrogen-bond donors (Lipinski definition) is 4. The molecule has 1 aromatic carbocycles. The average molecular weight is 484 g/mol. The summed E-state index contributed by atoms with van der Waals surface area (Å²) in [5, 5.41) is 21.0. The van der Waals surface area contributed by atoms with Crippen molar-refractivity contribution in [1.82, 2.24) is 15.3 Å². The number of nitrogens with one attached hydrogen (secondary N) is 4. The van der Waals surface area contributed by atoms with E-state index in [1.54, 1.807) is 7.05 Å². The third-order valence-corrected chi connectivity index (χ3v) is 5.56.